The molecule has 0 saturated heterocycles. The Kier molecular flexibility index (Phi) is 4.62. The Balaban J connectivity index is 2.02. The fourth-order valence-corrected chi connectivity index (χ4v) is 2.49. The molecule has 0 bridgehead atoms. The van der Waals surface area contributed by atoms with Gasteiger partial charge < -0.3 is 10.1 Å². The number of ether oxygens (including phenoxy) is 1. The second-order valence-electron chi connectivity index (χ2n) is 5.63. The second-order valence-corrected chi connectivity index (χ2v) is 5.63. The molecule has 1 fully saturated rings. The van der Waals surface area contributed by atoms with Crippen LogP contribution >= 0.6 is 0 Å². The van der Waals surface area contributed by atoms with Gasteiger partial charge in [0, 0.05) is 17.7 Å². The number of guanidine groups is 1. The summed E-state index contributed by atoms with van der Waals surface area (Å²) in [5.41, 5.74) is 3.63. The zero-order valence-electron chi connectivity index (χ0n) is 12.4. The van der Waals surface area contributed by atoms with E-state index >= 15 is 0 Å². The van der Waals surface area contributed by atoms with Crippen molar-refractivity contribution in [3.8, 4) is 0 Å². The molecule has 2 unspecified atom stereocenters. The Morgan fingerprint density at radius 1 is 1.40 bits per heavy atom. The Morgan fingerprint density at radius 2 is 2.10 bits per heavy atom. The number of benzene rings is 1. The Morgan fingerprint density at radius 3 is 2.65 bits per heavy atom. The lowest BCUT2D eigenvalue weighted by Gasteiger charge is -2.49. The molecule has 0 radical (unpaired) electrons. The van der Waals surface area contributed by atoms with E-state index in [0.717, 1.165) is 18.7 Å². The minimum atomic E-state index is 0.0382. The summed E-state index contributed by atoms with van der Waals surface area (Å²) in [6, 6.07) is 10.1. The first kappa shape index (κ1) is 14.8. The summed E-state index contributed by atoms with van der Waals surface area (Å²) in [6.45, 7) is 7.13. The lowest BCUT2D eigenvalue weighted by Crippen LogP contribution is -2.55. The number of nitrogens with one attached hydrogen (secondary N) is 2. The molecule has 20 heavy (non-hydrogen) atoms. The monoisotopic (exact) mass is 276 g/mol. The summed E-state index contributed by atoms with van der Waals surface area (Å²) < 4.78 is 5.72. The Hall–Kier alpha value is -1.59. The summed E-state index contributed by atoms with van der Waals surface area (Å²) >= 11 is 0. The minimum Gasteiger partial charge on any atom is -0.378 e. The first-order chi connectivity index (χ1) is 9.57. The third-order valence-electron chi connectivity index (χ3n) is 3.95. The normalized spacial score (nSPS) is 24.9. The highest BCUT2D eigenvalue weighted by atomic mass is 16.5. The molecule has 5 heteroatoms. The molecular formula is C15H24N4O. The summed E-state index contributed by atoms with van der Waals surface area (Å²) in [5.74, 6) is 6.14. The van der Waals surface area contributed by atoms with Crippen LogP contribution in [0.1, 0.15) is 27.2 Å². The summed E-state index contributed by atoms with van der Waals surface area (Å²) in [7, 11) is 0. The van der Waals surface area contributed by atoms with Crippen LogP contribution in [-0.2, 0) is 4.74 Å². The van der Waals surface area contributed by atoms with Gasteiger partial charge in [0.2, 0.25) is 5.96 Å². The molecule has 5 nitrogen and oxygen atoms in total. The lowest BCUT2D eigenvalue weighted by atomic mass is 9.65. The van der Waals surface area contributed by atoms with Gasteiger partial charge in [0.25, 0.3) is 0 Å². The van der Waals surface area contributed by atoms with Gasteiger partial charge in [0.15, 0.2) is 0 Å². The topological polar surface area (TPSA) is 71.7 Å². The van der Waals surface area contributed by atoms with E-state index in [1.165, 1.54) is 0 Å². The third-order valence-corrected chi connectivity index (χ3v) is 3.95. The van der Waals surface area contributed by atoms with Crippen LogP contribution in [0, 0.1) is 5.41 Å². The Bertz CT molecular complexity index is 458. The summed E-state index contributed by atoms with van der Waals surface area (Å²) in [6.07, 6.45) is 1.21. The quantitative estimate of drug-likeness (QED) is 0.341. The molecule has 2 rings (SSSR count). The number of para-hydroxylation sites is 1. The van der Waals surface area contributed by atoms with Crippen LogP contribution in [0.3, 0.4) is 0 Å². The average molecular weight is 276 g/mol. The molecule has 1 saturated carbocycles. The fraction of sp³-hybridized carbons (Fsp3) is 0.533. The van der Waals surface area contributed by atoms with Gasteiger partial charge >= 0.3 is 0 Å². The average Bonchev–Trinajstić information content (AvgIpc) is 2.46. The SMILES string of the molecule is CCOC1CC(N=C(NN)Nc2ccccc2)C1(C)C. The van der Waals surface area contributed by atoms with Gasteiger partial charge in [-0.15, -0.1) is 0 Å². The number of anilines is 1. The van der Waals surface area contributed by atoms with E-state index in [4.69, 9.17) is 10.6 Å². The molecule has 0 heterocycles. The summed E-state index contributed by atoms with van der Waals surface area (Å²) in [4.78, 5) is 4.67. The molecule has 4 N–H and O–H groups in total. The first-order valence-electron chi connectivity index (χ1n) is 7.06. The highest BCUT2D eigenvalue weighted by Crippen LogP contribution is 2.44. The van der Waals surface area contributed by atoms with Crippen LogP contribution in [0.2, 0.25) is 0 Å². The van der Waals surface area contributed by atoms with Gasteiger partial charge in [-0.05, 0) is 25.5 Å². The molecule has 1 aliphatic carbocycles. The highest BCUT2D eigenvalue weighted by molar-refractivity contribution is 5.93. The van der Waals surface area contributed by atoms with E-state index < -0.39 is 0 Å². The van der Waals surface area contributed by atoms with Crippen molar-refractivity contribution in [3.05, 3.63) is 30.3 Å². The fourth-order valence-electron chi connectivity index (χ4n) is 2.49. The van der Waals surface area contributed by atoms with E-state index in [2.05, 4.69) is 29.6 Å². The van der Waals surface area contributed by atoms with Crippen LogP contribution < -0.4 is 16.6 Å². The van der Waals surface area contributed by atoms with Gasteiger partial charge in [0.1, 0.15) is 0 Å². The van der Waals surface area contributed by atoms with Crippen molar-refractivity contribution in [2.75, 3.05) is 11.9 Å². The van der Waals surface area contributed by atoms with Crippen LogP contribution in [-0.4, -0.2) is 24.7 Å². The predicted molar refractivity (Wildman–Crippen MR) is 82.4 cm³/mol. The van der Waals surface area contributed by atoms with E-state index in [-0.39, 0.29) is 17.6 Å². The standard InChI is InChI=1S/C15H24N4O/c1-4-20-13-10-12(15(13,2)3)18-14(19-16)17-11-8-6-5-7-9-11/h5-9,12-13H,4,10,16H2,1-3H3,(H2,17,18,19). The second kappa shape index (κ2) is 6.24. The number of hydrogen-bond acceptors (Lipinski definition) is 3. The van der Waals surface area contributed by atoms with Crippen molar-refractivity contribution in [1.82, 2.24) is 5.43 Å². The highest BCUT2D eigenvalue weighted by Gasteiger charge is 2.49. The molecule has 1 aliphatic rings. The van der Waals surface area contributed by atoms with E-state index in [1.54, 1.807) is 0 Å². The van der Waals surface area contributed by atoms with Crippen molar-refractivity contribution in [2.24, 2.45) is 16.3 Å². The Labute approximate surface area is 120 Å². The molecular weight excluding hydrogens is 252 g/mol. The number of nitrogens with two attached hydrogens (primary N) is 1. The lowest BCUT2D eigenvalue weighted by molar-refractivity contribution is -0.103. The van der Waals surface area contributed by atoms with Crippen LogP contribution in [0.5, 0.6) is 0 Å². The van der Waals surface area contributed by atoms with E-state index in [9.17, 15) is 0 Å². The van der Waals surface area contributed by atoms with Gasteiger partial charge in [-0.2, -0.15) is 0 Å². The van der Waals surface area contributed by atoms with Crippen molar-refractivity contribution in [2.45, 2.75) is 39.3 Å². The molecule has 0 aromatic heterocycles. The van der Waals surface area contributed by atoms with Crippen molar-refractivity contribution >= 4 is 11.6 Å². The van der Waals surface area contributed by atoms with Gasteiger partial charge in [-0.3, -0.25) is 5.43 Å². The molecule has 110 valence electrons. The maximum atomic E-state index is 5.72. The zero-order valence-corrected chi connectivity index (χ0v) is 12.4. The third kappa shape index (κ3) is 3.11. The molecule has 0 spiro atoms. The van der Waals surface area contributed by atoms with Crippen LogP contribution in [0.25, 0.3) is 0 Å². The largest absolute Gasteiger partial charge is 0.378 e. The zero-order chi connectivity index (χ0) is 14.6. The molecule has 2 atom stereocenters. The van der Waals surface area contributed by atoms with E-state index in [0.29, 0.717) is 5.96 Å². The van der Waals surface area contributed by atoms with Crippen LogP contribution in [0.4, 0.5) is 5.69 Å². The maximum absolute atomic E-state index is 5.72. The van der Waals surface area contributed by atoms with E-state index in [1.807, 2.05) is 37.3 Å². The first-order valence-corrected chi connectivity index (χ1v) is 7.06. The minimum absolute atomic E-state index is 0.0382. The van der Waals surface area contributed by atoms with Gasteiger partial charge in [0.05, 0.1) is 12.1 Å². The molecule has 0 aliphatic heterocycles. The molecule has 1 aromatic carbocycles. The van der Waals surface area contributed by atoms with Gasteiger partial charge in [-0.25, -0.2) is 10.8 Å². The summed E-state index contributed by atoms with van der Waals surface area (Å²) in [5, 5.41) is 3.19. The number of aliphatic imine (C=N–C) groups is 1. The number of hydrazine groups is 1. The van der Waals surface area contributed by atoms with Crippen molar-refractivity contribution in [3.63, 3.8) is 0 Å². The van der Waals surface area contributed by atoms with Crippen LogP contribution in [0.15, 0.2) is 35.3 Å². The number of hydrogen-bond donors (Lipinski definition) is 3. The van der Waals surface area contributed by atoms with Gasteiger partial charge in [-0.1, -0.05) is 32.0 Å². The molecule has 0 amide bonds. The van der Waals surface area contributed by atoms with Crippen molar-refractivity contribution in [1.29, 1.82) is 0 Å². The predicted octanol–water partition coefficient (Wildman–Crippen LogP) is 2.12. The maximum Gasteiger partial charge on any atom is 0.210 e. The number of rotatable bonds is 4. The molecule has 1 aromatic rings. The smallest absolute Gasteiger partial charge is 0.210 e. The number of nitrogens with zero attached hydrogens (tertiary/aromatic N) is 1. The van der Waals surface area contributed by atoms with Crippen molar-refractivity contribution < 1.29 is 4.74 Å².